The first-order valence-electron chi connectivity index (χ1n) is 6.29. The Morgan fingerprint density at radius 1 is 1.28 bits per heavy atom. The SMILES string of the molecule is Clc1cc(Cl)c2ccn(CC3CCCCO3)c2c1. The number of ether oxygens (including phenoxy) is 1. The molecule has 2 heterocycles. The summed E-state index contributed by atoms with van der Waals surface area (Å²) in [5.41, 5.74) is 1.08. The molecule has 1 unspecified atom stereocenters. The Kier molecular flexibility index (Phi) is 3.51. The highest BCUT2D eigenvalue weighted by atomic mass is 35.5. The zero-order valence-electron chi connectivity index (χ0n) is 10.0. The lowest BCUT2D eigenvalue weighted by molar-refractivity contribution is 0.00670. The Balaban J connectivity index is 1.92. The van der Waals surface area contributed by atoms with E-state index in [9.17, 15) is 0 Å². The second kappa shape index (κ2) is 5.12. The summed E-state index contributed by atoms with van der Waals surface area (Å²) in [6, 6.07) is 5.79. The van der Waals surface area contributed by atoms with Crippen molar-refractivity contribution in [2.75, 3.05) is 6.61 Å². The van der Waals surface area contributed by atoms with Crippen molar-refractivity contribution in [3.8, 4) is 0 Å². The van der Waals surface area contributed by atoms with Crippen LogP contribution in [0.2, 0.25) is 10.0 Å². The maximum atomic E-state index is 6.19. The van der Waals surface area contributed by atoms with Crippen molar-refractivity contribution in [3.63, 3.8) is 0 Å². The first-order chi connectivity index (χ1) is 8.74. The summed E-state index contributed by atoms with van der Waals surface area (Å²) in [7, 11) is 0. The van der Waals surface area contributed by atoms with E-state index in [1.165, 1.54) is 12.8 Å². The maximum absolute atomic E-state index is 6.19. The van der Waals surface area contributed by atoms with Crippen LogP contribution < -0.4 is 0 Å². The molecule has 3 rings (SSSR count). The molecule has 0 N–H and O–H groups in total. The van der Waals surface area contributed by atoms with Crippen molar-refractivity contribution >= 4 is 34.1 Å². The number of halogens is 2. The molecular formula is C14H15Cl2NO. The van der Waals surface area contributed by atoms with E-state index in [2.05, 4.69) is 10.8 Å². The van der Waals surface area contributed by atoms with Gasteiger partial charge < -0.3 is 9.30 Å². The van der Waals surface area contributed by atoms with Crippen LogP contribution >= 0.6 is 23.2 Å². The summed E-state index contributed by atoms with van der Waals surface area (Å²) in [4.78, 5) is 0. The first kappa shape index (κ1) is 12.3. The average Bonchev–Trinajstić information content (AvgIpc) is 2.74. The predicted molar refractivity (Wildman–Crippen MR) is 75.5 cm³/mol. The van der Waals surface area contributed by atoms with Gasteiger partial charge in [-0.3, -0.25) is 0 Å². The van der Waals surface area contributed by atoms with E-state index >= 15 is 0 Å². The maximum Gasteiger partial charge on any atom is 0.0754 e. The van der Waals surface area contributed by atoms with Crippen LogP contribution in [-0.4, -0.2) is 17.3 Å². The number of fused-ring (bicyclic) bond motifs is 1. The van der Waals surface area contributed by atoms with Crippen molar-refractivity contribution in [2.45, 2.75) is 31.9 Å². The molecule has 0 aliphatic carbocycles. The Morgan fingerprint density at radius 2 is 2.17 bits per heavy atom. The van der Waals surface area contributed by atoms with E-state index < -0.39 is 0 Å². The molecule has 2 aromatic rings. The molecule has 4 heteroatoms. The summed E-state index contributed by atoms with van der Waals surface area (Å²) >= 11 is 12.3. The van der Waals surface area contributed by atoms with Crippen molar-refractivity contribution in [3.05, 3.63) is 34.4 Å². The van der Waals surface area contributed by atoms with Gasteiger partial charge in [-0.25, -0.2) is 0 Å². The standard InChI is InChI=1S/C14H15Cl2NO/c15-10-7-13(16)12-4-5-17(14(12)8-10)9-11-3-1-2-6-18-11/h4-5,7-8,11H,1-3,6,9H2. The van der Waals surface area contributed by atoms with Crippen molar-refractivity contribution < 1.29 is 4.74 Å². The lowest BCUT2D eigenvalue weighted by atomic mass is 10.1. The Labute approximate surface area is 116 Å². The van der Waals surface area contributed by atoms with E-state index in [0.29, 0.717) is 16.1 Å². The van der Waals surface area contributed by atoms with Gasteiger partial charge in [0.05, 0.1) is 16.6 Å². The average molecular weight is 284 g/mol. The Hall–Kier alpha value is -0.700. The third-order valence-corrected chi connectivity index (χ3v) is 4.01. The number of rotatable bonds is 2. The molecule has 1 fully saturated rings. The second-order valence-corrected chi connectivity index (χ2v) is 5.62. The molecule has 2 nitrogen and oxygen atoms in total. The minimum absolute atomic E-state index is 0.312. The van der Waals surface area contributed by atoms with Crippen LogP contribution in [0.5, 0.6) is 0 Å². The van der Waals surface area contributed by atoms with Crippen LogP contribution in [0, 0.1) is 0 Å². The van der Waals surface area contributed by atoms with Crippen LogP contribution in [0.3, 0.4) is 0 Å². The normalized spacial score (nSPS) is 20.4. The summed E-state index contributed by atoms with van der Waals surface area (Å²) in [6.45, 7) is 1.76. The molecule has 0 saturated carbocycles. The van der Waals surface area contributed by atoms with Crippen molar-refractivity contribution in [1.29, 1.82) is 0 Å². The third-order valence-electron chi connectivity index (χ3n) is 3.48. The lowest BCUT2D eigenvalue weighted by Crippen LogP contribution is -2.24. The van der Waals surface area contributed by atoms with Gasteiger partial charge in [-0.05, 0) is 37.5 Å². The fourth-order valence-corrected chi connectivity index (χ4v) is 3.09. The largest absolute Gasteiger partial charge is 0.376 e. The molecule has 0 amide bonds. The van der Waals surface area contributed by atoms with Gasteiger partial charge in [-0.1, -0.05) is 23.2 Å². The lowest BCUT2D eigenvalue weighted by Gasteiger charge is -2.23. The molecule has 18 heavy (non-hydrogen) atoms. The van der Waals surface area contributed by atoms with E-state index in [1.807, 2.05) is 12.1 Å². The van der Waals surface area contributed by atoms with E-state index in [-0.39, 0.29) is 0 Å². The molecule has 1 aromatic carbocycles. The van der Waals surface area contributed by atoms with Gasteiger partial charge in [0.25, 0.3) is 0 Å². The van der Waals surface area contributed by atoms with E-state index in [4.69, 9.17) is 27.9 Å². The van der Waals surface area contributed by atoms with E-state index in [1.54, 1.807) is 6.07 Å². The fourth-order valence-electron chi connectivity index (χ4n) is 2.55. The van der Waals surface area contributed by atoms with Gasteiger partial charge in [0.1, 0.15) is 0 Å². The first-order valence-corrected chi connectivity index (χ1v) is 7.05. The molecular weight excluding hydrogens is 269 g/mol. The van der Waals surface area contributed by atoms with E-state index in [0.717, 1.165) is 30.5 Å². The quantitative estimate of drug-likeness (QED) is 0.791. The second-order valence-electron chi connectivity index (χ2n) is 4.78. The number of benzene rings is 1. The van der Waals surface area contributed by atoms with Crippen molar-refractivity contribution in [2.24, 2.45) is 0 Å². The molecule has 96 valence electrons. The zero-order valence-corrected chi connectivity index (χ0v) is 11.5. The molecule has 1 saturated heterocycles. The minimum atomic E-state index is 0.312. The van der Waals surface area contributed by atoms with Crippen LogP contribution in [0.25, 0.3) is 10.9 Å². The van der Waals surface area contributed by atoms with Crippen LogP contribution in [-0.2, 0) is 11.3 Å². The monoisotopic (exact) mass is 283 g/mol. The van der Waals surface area contributed by atoms with Crippen LogP contribution in [0.15, 0.2) is 24.4 Å². The molecule has 1 aliphatic heterocycles. The van der Waals surface area contributed by atoms with Gasteiger partial charge in [-0.15, -0.1) is 0 Å². The highest BCUT2D eigenvalue weighted by Crippen LogP contribution is 2.29. The van der Waals surface area contributed by atoms with Crippen molar-refractivity contribution in [1.82, 2.24) is 4.57 Å². The molecule has 1 atom stereocenters. The number of hydrogen-bond acceptors (Lipinski definition) is 1. The summed E-state index contributed by atoms with van der Waals surface area (Å²) in [5, 5.41) is 2.44. The molecule has 0 spiro atoms. The number of nitrogens with zero attached hydrogens (tertiary/aromatic N) is 1. The van der Waals surface area contributed by atoms with Crippen LogP contribution in [0.4, 0.5) is 0 Å². The molecule has 0 radical (unpaired) electrons. The third kappa shape index (κ3) is 2.37. The highest BCUT2D eigenvalue weighted by molar-refractivity contribution is 6.38. The molecule has 1 aromatic heterocycles. The topological polar surface area (TPSA) is 14.2 Å². The summed E-state index contributed by atoms with van der Waals surface area (Å²) in [6.07, 6.45) is 5.94. The Bertz CT molecular complexity index is 558. The van der Waals surface area contributed by atoms with Gasteiger partial charge >= 0.3 is 0 Å². The summed E-state index contributed by atoms with van der Waals surface area (Å²) in [5.74, 6) is 0. The Morgan fingerprint density at radius 3 is 2.94 bits per heavy atom. The fraction of sp³-hybridized carbons (Fsp3) is 0.429. The predicted octanol–water partition coefficient (Wildman–Crippen LogP) is 4.52. The van der Waals surface area contributed by atoms with Gasteiger partial charge in [0.2, 0.25) is 0 Å². The molecule has 1 aliphatic rings. The number of aromatic nitrogens is 1. The molecule has 0 bridgehead atoms. The van der Waals surface area contributed by atoms with Gasteiger partial charge in [0.15, 0.2) is 0 Å². The number of hydrogen-bond donors (Lipinski definition) is 0. The van der Waals surface area contributed by atoms with Gasteiger partial charge in [-0.2, -0.15) is 0 Å². The zero-order chi connectivity index (χ0) is 12.5. The minimum Gasteiger partial charge on any atom is -0.376 e. The smallest absolute Gasteiger partial charge is 0.0754 e. The van der Waals surface area contributed by atoms with Gasteiger partial charge in [0, 0.05) is 29.8 Å². The summed E-state index contributed by atoms with van der Waals surface area (Å²) < 4.78 is 7.96. The highest BCUT2D eigenvalue weighted by Gasteiger charge is 2.15. The van der Waals surface area contributed by atoms with Crippen LogP contribution in [0.1, 0.15) is 19.3 Å².